The Morgan fingerprint density at radius 3 is 2.63 bits per heavy atom. The van der Waals surface area contributed by atoms with Crippen molar-refractivity contribution in [1.29, 1.82) is 0 Å². The van der Waals surface area contributed by atoms with E-state index >= 15 is 0 Å². The Bertz CT molecular complexity index is 1330. The monoisotopic (exact) mass is 564 g/mol. The number of aryl methyl sites for hydroxylation is 1. The Morgan fingerprint density at radius 2 is 1.95 bits per heavy atom. The van der Waals surface area contributed by atoms with Crippen molar-refractivity contribution in [2.45, 2.75) is 96.2 Å². The van der Waals surface area contributed by atoms with Crippen LogP contribution in [0.25, 0.3) is 0 Å². The van der Waals surface area contributed by atoms with Crippen LogP contribution in [0, 0.1) is 10.1 Å². The van der Waals surface area contributed by atoms with E-state index in [9.17, 15) is 14.9 Å². The number of pyridine rings is 1. The maximum Gasteiger partial charge on any atom is 0.514 e. The number of anilines is 2. The van der Waals surface area contributed by atoms with Crippen molar-refractivity contribution < 1.29 is 19.2 Å². The van der Waals surface area contributed by atoms with Crippen LogP contribution in [0.4, 0.5) is 22.0 Å². The van der Waals surface area contributed by atoms with Crippen LogP contribution >= 0.6 is 0 Å². The lowest BCUT2D eigenvalue weighted by molar-refractivity contribution is -0.384. The summed E-state index contributed by atoms with van der Waals surface area (Å²) in [6.07, 6.45) is 6.92. The zero-order valence-corrected chi connectivity index (χ0v) is 24.2. The van der Waals surface area contributed by atoms with Gasteiger partial charge in [-0.25, -0.2) is 9.48 Å². The van der Waals surface area contributed by atoms with Crippen LogP contribution in [0.5, 0.6) is 5.75 Å². The standard InChI is InChI=1S/C30H40N6O5/c1-20(31)7-5-6-8-22-18-23(15-16-32-22)33-28-19-27(34-35(28)30(2,3)4)21-9-12-26(17-21)41-29(37)40-25-13-10-24(11-14-25)36(38)39/h10-11,13-16,18-21,26H,5-9,12,17,31H2,1-4H3,(H,32,33)/t20-,21-,26+/m0/s1. The molecule has 0 radical (unpaired) electrons. The first-order chi connectivity index (χ1) is 19.5. The summed E-state index contributed by atoms with van der Waals surface area (Å²) in [5, 5.41) is 19.3. The number of nitrogens with two attached hydrogens (primary N) is 1. The zero-order valence-electron chi connectivity index (χ0n) is 24.2. The molecule has 2 heterocycles. The molecule has 2 aromatic heterocycles. The Hall–Kier alpha value is -3.99. The van der Waals surface area contributed by atoms with E-state index in [-0.39, 0.29) is 35.0 Å². The first-order valence-corrected chi connectivity index (χ1v) is 14.2. The van der Waals surface area contributed by atoms with Gasteiger partial charge in [0.2, 0.25) is 0 Å². The van der Waals surface area contributed by atoms with Crippen molar-refractivity contribution in [3.05, 3.63) is 70.2 Å². The lowest BCUT2D eigenvalue weighted by Gasteiger charge is -2.23. The van der Waals surface area contributed by atoms with Gasteiger partial charge in [-0.15, -0.1) is 0 Å². The number of carbonyl (C=O) groups excluding carboxylic acids is 1. The highest BCUT2D eigenvalue weighted by molar-refractivity contribution is 5.64. The summed E-state index contributed by atoms with van der Waals surface area (Å²) in [5.41, 5.74) is 8.48. The molecule has 41 heavy (non-hydrogen) atoms. The fourth-order valence-corrected chi connectivity index (χ4v) is 5.02. The molecule has 1 saturated carbocycles. The molecule has 1 aromatic carbocycles. The molecule has 1 aliphatic rings. The quantitative estimate of drug-likeness (QED) is 0.0864. The molecule has 4 rings (SSSR count). The summed E-state index contributed by atoms with van der Waals surface area (Å²) >= 11 is 0. The van der Waals surface area contributed by atoms with E-state index in [1.807, 2.05) is 23.9 Å². The number of nitrogens with zero attached hydrogens (tertiary/aromatic N) is 4. The fourth-order valence-electron chi connectivity index (χ4n) is 5.02. The van der Waals surface area contributed by atoms with Crippen molar-refractivity contribution in [2.24, 2.45) is 5.73 Å². The number of nitrogens with one attached hydrogen (secondary N) is 1. The lowest BCUT2D eigenvalue weighted by Crippen LogP contribution is -2.24. The van der Waals surface area contributed by atoms with E-state index < -0.39 is 11.1 Å². The average Bonchev–Trinajstić information content (AvgIpc) is 3.54. The minimum absolute atomic E-state index is 0.0784. The third kappa shape index (κ3) is 8.50. The van der Waals surface area contributed by atoms with Gasteiger partial charge in [0.15, 0.2) is 0 Å². The van der Waals surface area contributed by atoms with Crippen LogP contribution < -0.4 is 15.8 Å². The number of hydrogen-bond donors (Lipinski definition) is 2. The van der Waals surface area contributed by atoms with Crippen molar-refractivity contribution in [3.63, 3.8) is 0 Å². The highest BCUT2D eigenvalue weighted by Crippen LogP contribution is 2.38. The van der Waals surface area contributed by atoms with Crippen LogP contribution in [0.2, 0.25) is 0 Å². The van der Waals surface area contributed by atoms with E-state index in [2.05, 4.69) is 43.2 Å². The van der Waals surface area contributed by atoms with Gasteiger partial charge in [-0.1, -0.05) is 6.42 Å². The molecule has 1 fully saturated rings. The Morgan fingerprint density at radius 1 is 1.20 bits per heavy atom. The minimum Gasteiger partial charge on any atom is -0.431 e. The topological polar surface area (TPSA) is 147 Å². The third-order valence-electron chi connectivity index (χ3n) is 7.11. The maximum absolute atomic E-state index is 12.3. The van der Waals surface area contributed by atoms with Gasteiger partial charge in [-0.2, -0.15) is 5.10 Å². The van der Waals surface area contributed by atoms with Gasteiger partial charge in [-0.05, 0) is 90.5 Å². The molecule has 3 atom stereocenters. The van der Waals surface area contributed by atoms with Gasteiger partial charge < -0.3 is 20.5 Å². The van der Waals surface area contributed by atoms with Crippen molar-refractivity contribution >= 4 is 23.3 Å². The van der Waals surface area contributed by atoms with Crippen molar-refractivity contribution in [1.82, 2.24) is 14.8 Å². The first kappa shape index (κ1) is 30.0. The molecular formula is C30H40N6O5. The molecule has 0 amide bonds. The number of nitro benzene ring substituents is 1. The number of carbonyl (C=O) groups is 1. The van der Waals surface area contributed by atoms with E-state index in [0.717, 1.165) is 55.0 Å². The van der Waals surface area contributed by atoms with Crippen LogP contribution in [0.15, 0.2) is 48.7 Å². The number of unbranched alkanes of at least 4 members (excludes halogenated alkanes) is 1. The minimum atomic E-state index is -0.821. The molecule has 11 heteroatoms. The molecule has 3 aromatic rings. The van der Waals surface area contributed by atoms with Gasteiger partial charge in [0.1, 0.15) is 17.7 Å². The summed E-state index contributed by atoms with van der Waals surface area (Å²) in [5.74, 6) is 1.22. The summed E-state index contributed by atoms with van der Waals surface area (Å²) in [7, 11) is 0. The zero-order chi connectivity index (χ0) is 29.6. The number of hydrogen-bond acceptors (Lipinski definition) is 9. The van der Waals surface area contributed by atoms with Gasteiger partial charge in [0, 0.05) is 47.7 Å². The Labute approximate surface area is 240 Å². The molecule has 0 unspecified atom stereocenters. The van der Waals surface area contributed by atoms with Crippen molar-refractivity contribution in [3.8, 4) is 5.75 Å². The molecule has 1 aliphatic carbocycles. The second-order valence-electron chi connectivity index (χ2n) is 11.8. The molecule has 0 spiro atoms. The van der Waals surface area contributed by atoms with Crippen LogP contribution in [-0.4, -0.2) is 38.0 Å². The number of aromatic nitrogens is 3. The average molecular weight is 565 g/mol. The second-order valence-corrected chi connectivity index (χ2v) is 11.8. The van der Waals surface area contributed by atoms with Crippen LogP contribution in [0.3, 0.4) is 0 Å². The number of nitro groups is 1. The third-order valence-corrected chi connectivity index (χ3v) is 7.11. The first-order valence-electron chi connectivity index (χ1n) is 14.2. The number of benzene rings is 1. The molecule has 220 valence electrons. The molecule has 11 nitrogen and oxygen atoms in total. The smallest absolute Gasteiger partial charge is 0.431 e. The van der Waals surface area contributed by atoms with E-state index in [1.165, 1.54) is 24.3 Å². The van der Waals surface area contributed by atoms with E-state index in [4.69, 9.17) is 20.3 Å². The van der Waals surface area contributed by atoms with Crippen LogP contribution in [0.1, 0.15) is 83.5 Å². The molecule has 0 bridgehead atoms. The number of non-ortho nitro benzene ring substituents is 1. The summed E-state index contributed by atoms with van der Waals surface area (Å²) in [4.78, 5) is 27.2. The molecular weight excluding hydrogens is 524 g/mol. The Balaban J connectivity index is 1.37. The van der Waals surface area contributed by atoms with E-state index in [1.54, 1.807) is 0 Å². The normalized spacial score (nSPS) is 17.7. The number of ether oxygens (including phenoxy) is 2. The summed E-state index contributed by atoms with van der Waals surface area (Å²) < 4.78 is 12.8. The highest BCUT2D eigenvalue weighted by atomic mass is 16.7. The maximum atomic E-state index is 12.3. The molecule has 0 aliphatic heterocycles. The SMILES string of the molecule is C[C@H](N)CCCCc1cc(Nc2cc([C@H]3CC[C@@H](OC(=O)Oc4ccc([N+](=O)[O-])cc4)C3)nn2C(C)(C)C)ccn1. The van der Waals surface area contributed by atoms with Crippen LogP contribution in [-0.2, 0) is 16.7 Å². The van der Waals surface area contributed by atoms with Gasteiger partial charge in [0.05, 0.1) is 16.2 Å². The van der Waals surface area contributed by atoms with Gasteiger partial charge in [-0.3, -0.25) is 15.1 Å². The van der Waals surface area contributed by atoms with Gasteiger partial charge in [0.25, 0.3) is 5.69 Å². The van der Waals surface area contributed by atoms with Crippen molar-refractivity contribution in [2.75, 3.05) is 5.32 Å². The largest absolute Gasteiger partial charge is 0.514 e. The van der Waals surface area contributed by atoms with E-state index in [0.29, 0.717) is 12.8 Å². The molecule has 0 saturated heterocycles. The second kappa shape index (κ2) is 13.1. The summed E-state index contributed by atoms with van der Waals surface area (Å²) in [6.45, 7) is 8.37. The fraction of sp³-hybridized carbons (Fsp3) is 0.500. The predicted octanol–water partition coefficient (Wildman–Crippen LogP) is 6.60. The van der Waals surface area contributed by atoms with Gasteiger partial charge >= 0.3 is 6.16 Å². The molecule has 3 N–H and O–H groups in total. The number of rotatable bonds is 11. The summed E-state index contributed by atoms with van der Waals surface area (Å²) in [6, 6.07) is 11.7. The highest BCUT2D eigenvalue weighted by Gasteiger charge is 2.32. The predicted molar refractivity (Wildman–Crippen MR) is 157 cm³/mol. The lowest BCUT2D eigenvalue weighted by atomic mass is 10.0. The Kier molecular flexibility index (Phi) is 9.59.